The normalized spacial score (nSPS) is 13.4. The maximum atomic E-state index is 2.47. The molecule has 0 saturated heterocycles. The van der Waals surface area contributed by atoms with E-state index in [1.54, 1.807) is 0 Å². The summed E-state index contributed by atoms with van der Waals surface area (Å²) in [6, 6.07) is 105. The molecule has 0 bridgehead atoms. The standard InChI is InChI=1S/C68H47N/c1-6-22-48(23-7-1)50-44-51(49-24-8-2-9-25-49)46-58(45-50)69(56-40-38-55(39-41-56)68(54-30-14-5-15-31-54)63-35-19-16-32-59(63)60-33-17-20-36-64(60)68)57-42-43-66-62(47-57)61-34-18-21-37-65(61)67(66,52-26-10-3-11-27-52)53-28-12-4-13-29-53/h1-47H. The number of nitrogens with zero attached hydrogens (tertiary/aromatic N) is 1. The summed E-state index contributed by atoms with van der Waals surface area (Å²) in [4.78, 5) is 2.47. The van der Waals surface area contributed by atoms with Gasteiger partial charge in [0.25, 0.3) is 0 Å². The fraction of sp³-hybridized carbons (Fsp3) is 0.0294. The van der Waals surface area contributed by atoms with Crippen molar-refractivity contribution in [3.8, 4) is 44.5 Å². The third kappa shape index (κ3) is 6.32. The largest absolute Gasteiger partial charge is 0.310 e. The molecule has 0 radical (unpaired) electrons. The van der Waals surface area contributed by atoms with Gasteiger partial charge in [0.15, 0.2) is 0 Å². The molecule has 1 heteroatoms. The molecule has 69 heavy (non-hydrogen) atoms. The lowest BCUT2D eigenvalue weighted by Crippen LogP contribution is -2.28. The third-order valence-corrected chi connectivity index (χ3v) is 14.8. The lowest BCUT2D eigenvalue weighted by atomic mass is 9.67. The molecule has 0 spiro atoms. The van der Waals surface area contributed by atoms with Gasteiger partial charge in [-0.2, -0.15) is 0 Å². The van der Waals surface area contributed by atoms with Crippen LogP contribution in [0.1, 0.15) is 44.5 Å². The zero-order chi connectivity index (χ0) is 45.8. The smallest absolute Gasteiger partial charge is 0.0713 e. The topological polar surface area (TPSA) is 3.24 Å². The van der Waals surface area contributed by atoms with Gasteiger partial charge in [-0.1, -0.05) is 243 Å². The van der Waals surface area contributed by atoms with Gasteiger partial charge >= 0.3 is 0 Å². The summed E-state index contributed by atoms with van der Waals surface area (Å²) >= 11 is 0. The van der Waals surface area contributed by atoms with E-state index in [9.17, 15) is 0 Å². The minimum Gasteiger partial charge on any atom is -0.310 e. The number of hydrogen-bond donors (Lipinski definition) is 0. The van der Waals surface area contributed by atoms with Crippen LogP contribution in [0.3, 0.4) is 0 Å². The molecule has 0 fully saturated rings. The fourth-order valence-corrected chi connectivity index (χ4v) is 11.9. The predicted molar refractivity (Wildman–Crippen MR) is 287 cm³/mol. The SMILES string of the molecule is c1ccc(-c2cc(-c3ccccc3)cc(N(c3ccc(C4(c5ccccc5)c5ccccc5-c5ccccc54)cc3)c3ccc4c(c3)-c3ccccc3C4(c3ccccc3)c3ccccc3)c2)cc1. The summed E-state index contributed by atoms with van der Waals surface area (Å²) in [5.41, 5.74) is 22.2. The van der Waals surface area contributed by atoms with Crippen molar-refractivity contribution in [1.82, 2.24) is 0 Å². The van der Waals surface area contributed by atoms with E-state index in [4.69, 9.17) is 0 Å². The molecule has 0 heterocycles. The van der Waals surface area contributed by atoms with E-state index >= 15 is 0 Å². The Morgan fingerprint density at radius 1 is 0.203 bits per heavy atom. The maximum Gasteiger partial charge on any atom is 0.0713 e. The van der Waals surface area contributed by atoms with Crippen LogP contribution in [-0.2, 0) is 10.8 Å². The number of benzene rings is 11. The van der Waals surface area contributed by atoms with Crippen molar-refractivity contribution < 1.29 is 0 Å². The number of anilines is 3. The molecule has 0 aromatic heterocycles. The Kier molecular flexibility index (Phi) is 9.70. The molecule has 0 aliphatic heterocycles. The Morgan fingerprint density at radius 2 is 0.536 bits per heavy atom. The quantitative estimate of drug-likeness (QED) is 0.140. The highest BCUT2D eigenvalue weighted by atomic mass is 15.1. The lowest BCUT2D eigenvalue weighted by Gasteiger charge is -2.35. The zero-order valence-electron chi connectivity index (χ0n) is 38.1. The summed E-state index contributed by atoms with van der Waals surface area (Å²) in [7, 11) is 0. The van der Waals surface area contributed by atoms with Crippen molar-refractivity contribution in [1.29, 1.82) is 0 Å². The molecule has 0 amide bonds. The van der Waals surface area contributed by atoms with Crippen LogP contribution in [0.5, 0.6) is 0 Å². The van der Waals surface area contributed by atoms with E-state index in [2.05, 4.69) is 290 Å². The van der Waals surface area contributed by atoms with Crippen molar-refractivity contribution in [2.45, 2.75) is 10.8 Å². The second kappa shape index (κ2) is 16.5. The molecule has 0 saturated carbocycles. The van der Waals surface area contributed by atoms with Crippen LogP contribution >= 0.6 is 0 Å². The number of rotatable bonds is 9. The van der Waals surface area contributed by atoms with E-state index in [1.165, 1.54) is 77.9 Å². The minimum atomic E-state index is -0.499. The Hall–Kier alpha value is -8.78. The monoisotopic (exact) mass is 877 g/mol. The van der Waals surface area contributed by atoms with Crippen LogP contribution in [-0.4, -0.2) is 0 Å². The van der Waals surface area contributed by atoms with Crippen LogP contribution in [0, 0.1) is 0 Å². The molecule has 2 aliphatic carbocycles. The maximum absolute atomic E-state index is 2.47. The van der Waals surface area contributed by atoms with E-state index in [-0.39, 0.29) is 0 Å². The first kappa shape index (κ1) is 40.5. The molecule has 11 aromatic carbocycles. The zero-order valence-corrected chi connectivity index (χ0v) is 38.1. The Balaban J connectivity index is 1.06. The molecule has 2 aliphatic rings. The van der Waals surface area contributed by atoms with Crippen LogP contribution < -0.4 is 4.90 Å². The summed E-state index contributed by atoms with van der Waals surface area (Å²) in [5, 5.41) is 0. The van der Waals surface area contributed by atoms with E-state index in [0.717, 1.165) is 28.2 Å². The average Bonchev–Trinajstić information content (AvgIpc) is 3.91. The highest BCUT2D eigenvalue weighted by Gasteiger charge is 2.47. The van der Waals surface area contributed by atoms with E-state index in [1.807, 2.05) is 0 Å². The summed E-state index contributed by atoms with van der Waals surface area (Å²) < 4.78 is 0. The summed E-state index contributed by atoms with van der Waals surface area (Å²) in [6.07, 6.45) is 0. The van der Waals surface area contributed by atoms with Gasteiger partial charge in [-0.05, 0) is 131 Å². The highest BCUT2D eigenvalue weighted by Crippen LogP contribution is 2.59. The van der Waals surface area contributed by atoms with Crippen molar-refractivity contribution in [3.05, 3.63) is 330 Å². The Labute approximate surface area is 404 Å². The van der Waals surface area contributed by atoms with Crippen LogP contribution in [0.25, 0.3) is 44.5 Å². The Morgan fingerprint density at radius 3 is 0.971 bits per heavy atom. The van der Waals surface area contributed by atoms with Crippen LogP contribution in [0.15, 0.2) is 285 Å². The van der Waals surface area contributed by atoms with Gasteiger partial charge in [0.05, 0.1) is 10.8 Å². The van der Waals surface area contributed by atoms with E-state index < -0.39 is 10.8 Å². The van der Waals surface area contributed by atoms with Gasteiger partial charge in [-0.3, -0.25) is 0 Å². The van der Waals surface area contributed by atoms with Gasteiger partial charge in [0.2, 0.25) is 0 Å². The molecule has 324 valence electrons. The number of hydrogen-bond acceptors (Lipinski definition) is 1. The third-order valence-electron chi connectivity index (χ3n) is 14.8. The number of fused-ring (bicyclic) bond motifs is 6. The lowest BCUT2D eigenvalue weighted by molar-refractivity contribution is 0.768. The fourth-order valence-electron chi connectivity index (χ4n) is 11.9. The first-order valence-corrected chi connectivity index (χ1v) is 24.0. The van der Waals surface area contributed by atoms with Crippen LogP contribution in [0.4, 0.5) is 17.1 Å². The molecule has 0 unspecified atom stereocenters. The van der Waals surface area contributed by atoms with Crippen molar-refractivity contribution in [3.63, 3.8) is 0 Å². The summed E-state index contributed by atoms with van der Waals surface area (Å²) in [5.74, 6) is 0. The van der Waals surface area contributed by atoms with Crippen molar-refractivity contribution >= 4 is 17.1 Å². The first-order chi connectivity index (χ1) is 34.2. The van der Waals surface area contributed by atoms with E-state index in [0.29, 0.717) is 0 Å². The van der Waals surface area contributed by atoms with Gasteiger partial charge in [-0.25, -0.2) is 0 Å². The average molecular weight is 878 g/mol. The minimum absolute atomic E-state index is 0.493. The molecular formula is C68H47N. The second-order valence-electron chi connectivity index (χ2n) is 18.3. The highest BCUT2D eigenvalue weighted by molar-refractivity contribution is 5.92. The second-order valence-corrected chi connectivity index (χ2v) is 18.3. The predicted octanol–water partition coefficient (Wildman–Crippen LogP) is 17.2. The van der Waals surface area contributed by atoms with Gasteiger partial charge in [-0.15, -0.1) is 0 Å². The van der Waals surface area contributed by atoms with Gasteiger partial charge < -0.3 is 4.90 Å². The van der Waals surface area contributed by atoms with Crippen molar-refractivity contribution in [2.24, 2.45) is 0 Å². The molecule has 1 nitrogen and oxygen atoms in total. The molecule has 0 N–H and O–H groups in total. The van der Waals surface area contributed by atoms with Crippen molar-refractivity contribution in [2.75, 3.05) is 4.90 Å². The van der Waals surface area contributed by atoms with Gasteiger partial charge in [0.1, 0.15) is 0 Å². The van der Waals surface area contributed by atoms with Gasteiger partial charge in [0, 0.05) is 17.1 Å². The first-order valence-electron chi connectivity index (χ1n) is 24.0. The Bertz CT molecular complexity index is 3490. The molecule has 13 rings (SSSR count). The molecule has 0 atom stereocenters. The molecule has 11 aromatic rings. The van der Waals surface area contributed by atoms with Crippen LogP contribution in [0.2, 0.25) is 0 Å². The summed E-state index contributed by atoms with van der Waals surface area (Å²) in [6.45, 7) is 0. The molecular weight excluding hydrogens is 831 g/mol.